The average Bonchev–Trinajstić information content (AvgIpc) is 2.08. The Kier molecular flexibility index (Phi) is 5.69. The minimum absolute atomic E-state index is 0.0672. The Morgan fingerprint density at radius 2 is 2.20 bits per heavy atom. The second kappa shape index (κ2) is 6.83. The van der Waals surface area contributed by atoms with Gasteiger partial charge in [-0.2, -0.15) is 0 Å². The average molecular weight is 213 g/mol. The van der Waals surface area contributed by atoms with E-state index in [0.717, 1.165) is 18.9 Å². The van der Waals surface area contributed by atoms with Crippen LogP contribution >= 0.6 is 0 Å². The molecule has 0 aromatic carbocycles. The van der Waals surface area contributed by atoms with Crippen molar-refractivity contribution in [1.82, 2.24) is 5.32 Å². The van der Waals surface area contributed by atoms with Crippen LogP contribution in [-0.2, 0) is 9.53 Å². The lowest BCUT2D eigenvalue weighted by Crippen LogP contribution is -2.26. The summed E-state index contributed by atoms with van der Waals surface area (Å²) in [5.41, 5.74) is 0. The number of esters is 1. The van der Waals surface area contributed by atoms with Crippen molar-refractivity contribution in [3.8, 4) is 0 Å². The van der Waals surface area contributed by atoms with E-state index in [1.54, 1.807) is 0 Å². The van der Waals surface area contributed by atoms with Crippen molar-refractivity contribution in [2.45, 2.75) is 52.0 Å². The van der Waals surface area contributed by atoms with Crippen LogP contribution in [0, 0.1) is 5.92 Å². The molecule has 1 saturated carbocycles. The molecule has 0 unspecified atom stereocenters. The van der Waals surface area contributed by atoms with E-state index < -0.39 is 0 Å². The standard InChI is InChI=1S/C12H23NO2/c1-10(2)13-8-6-12(14)15-9-7-11-4-3-5-11/h10-11,13H,3-9H2,1-2H3. The highest BCUT2D eigenvalue weighted by atomic mass is 16.5. The van der Waals surface area contributed by atoms with E-state index in [1.165, 1.54) is 19.3 Å². The first-order chi connectivity index (χ1) is 7.18. The molecule has 15 heavy (non-hydrogen) atoms. The molecule has 1 N–H and O–H groups in total. The normalized spacial score (nSPS) is 16.5. The molecule has 1 rings (SSSR count). The summed E-state index contributed by atoms with van der Waals surface area (Å²) in [5.74, 6) is 0.758. The summed E-state index contributed by atoms with van der Waals surface area (Å²) in [6, 6.07) is 0.438. The molecule has 3 heteroatoms. The molecular formula is C12H23NO2. The number of hydrogen-bond acceptors (Lipinski definition) is 3. The van der Waals surface area contributed by atoms with Gasteiger partial charge in [0.15, 0.2) is 0 Å². The lowest BCUT2D eigenvalue weighted by atomic mass is 9.83. The summed E-state index contributed by atoms with van der Waals surface area (Å²) in [4.78, 5) is 11.3. The van der Waals surface area contributed by atoms with Gasteiger partial charge >= 0.3 is 5.97 Å². The van der Waals surface area contributed by atoms with E-state index in [9.17, 15) is 4.79 Å². The highest BCUT2D eigenvalue weighted by molar-refractivity contribution is 5.69. The molecule has 88 valence electrons. The summed E-state index contributed by atoms with van der Waals surface area (Å²) in [6.07, 6.45) is 5.56. The Balaban J connectivity index is 1.88. The highest BCUT2D eigenvalue weighted by Crippen LogP contribution is 2.29. The van der Waals surface area contributed by atoms with Crippen molar-refractivity contribution in [2.24, 2.45) is 5.92 Å². The van der Waals surface area contributed by atoms with Gasteiger partial charge in [0.25, 0.3) is 0 Å². The topological polar surface area (TPSA) is 38.3 Å². The third-order valence-corrected chi connectivity index (χ3v) is 2.90. The van der Waals surface area contributed by atoms with Crippen LogP contribution in [0.2, 0.25) is 0 Å². The largest absolute Gasteiger partial charge is 0.466 e. The Labute approximate surface area is 92.6 Å². The summed E-state index contributed by atoms with van der Waals surface area (Å²) in [7, 11) is 0. The van der Waals surface area contributed by atoms with Crippen molar-refractivity contribution in [3.05, 3.63) is 0 Å². The first-order valence-corrected chi connectivity index (χ1v) is 6.07. The van der Waals surface area contributed by atoms with Gasteiger partial charge in [0, 0.05) is 12.6 Å². The zero-order valence-corrected chi connectivity index (χ0v) is 9.92. The second-order valence-corrected chi connectivity index (χ2v) is 4.66. The van der Waals surface area contributed by atoms with Crippen LogP contribution < -0.4 is 5.32 Å². The van der Waals surface area contributed by atoms with Gasteiger partial charge in [-0.1, -0.05) is 33.1 Å². The quantitative estimate of drug-likeness (QED) is 0.658. The first-order valence-electron chi connectivity index (χ1n) is 6.07. The lowest BCUT2D eigenvalue weighted by Gasteiger charge is -2.24. The molecule has 0 bridgehead atoms. The second-order valence-electron chi connectivity index (χ2n) is 4.66. The van der Waals surface area contributed by atoms with Gasteiger partial charge in [0.05, 0.1) is 13.0 Å². The number of rotatable bonds is 7. The maximum absolute atomic E-state index is 11.3. The van der Waals surface area contributed by atoms with Gasteiger partial charge in [0.2, 0.25) is 0 Å². The van der Waals surface area contributed by atoms with Crippen molar-refractivity contribution in [3.63, 3.8) is 0 Å². The fourth-order valence-corrected chi connectivity index (χ4v) is 1.66. The van der Waals surface area contributed by atoms with E-state index >= 15 is 0 Å². The number of carbonyl (C=O) groups excluding carboxylic acids is 1. The van der Waals surface area contributed by atoms with Crippen molar-refractivity contribution in [2.75, 3.05) is 13.2 Å². The molecule has 1 aliphatic rings. The summed E-state index contributed by atoms with van der Waals surface area (Å²) >= 11 is 0. The predicted molar refractivity (Wildman–Crippen MR) is 60.7 cm³/mol. The maximum Gasteiger partial charge on any atom is 0.307 e. The number of ether oxygens (including phenoxy) is 1. The van der Waals surface area contributed by atoms with Crippen molar-refractivity contribution >= 4 is 5.97 Å². The number of nitrogens with one attached hydrogen (secondary N) is 1. The van der Waals surface area contributed by atoms with Crippen LogP contribution in [0.4, 0.5) is 0 Å². The fourth-order valence-electron chi connectivity index (χ4n) is 1.66. The van der Waals surface area contributed by atoms with Crippen molar-refractivity contribution < 1.29 is 9.53 Å². The summed E-state index contributed by atoms with van der Waals surface area (Å²) in [5, 5.41) is 3.20. The molecule has 0 radical (unpaired) electrons. The summed E-state index contributed by atoms with van der Waals surface area (Å²) < 4.78 is 5.15. The molecule has 0 aromatic rings. The Hall–Kier alpha value is -0.570. The summed E-state index contributed by atoms with van der Waals surface area (Å²) in [6.45, 7) is 5.48. The predicted octanol–water partition coefficient (Wildman–Crippen LogP) is 2.11. The molecule has 0 spiro atoms. The molecule has 0 atom stereocenters. The van der Waals surface area contributed by atoms with Crippen LogP contribution in [0.3, 0.4) is 0 Å². The fraction of sp³-hybridized carbons (Fsp3) is 0.917. The van der Waals surface area contributed by atoms with E-state index in [2.05, 4.69) is 19.2 Å². The molecule has 3 nitrogen and oxygen atoms in total. The zero-order valence-electron chi connectivity index (χ0n) is 9.92. The van der Waals surface area contributed by atoms with E-state index in [0.29, 0.717) is 19.1 Å². The monoisotopic (exact) mass is 213 g/mol. The van der Waals surface area contributed by atoms with Gasteiger partial charge in [-0.25, -0.2) is 0 Å². The zero-order chi connectivity index (χ0) is 11.1. The van der Waals surface area contributed by atoms with Gasteiger partial charge in [-0.15, -0.1) is 0 Å². The SMILES string of the molecule is CC(C)NCCC(=O)OCCC1CCC1. The maximum atomic E-state index is 11.3. The van der Waals surface area contributed by atoms with Crippen LogP contribution in [0.1, 0.15) is 46.0 Å². The smallest absolute Gasteiger partial charge is 0.307 e. The molecule has 0 saturated heterocycles. The third kappa shape index (κ3) is 5.78. The molecule has 0 heterocycles. The van der Waals surface area contributed by atoms with Gasteiger partial charge in [0.1, 0.15) is 0 Å². The molecule has 0 amide bonds. The molecular weight excluding hydrogens is 190 g/mol. The van der Waals surface area contributed by atoms with E-state index in [1.807, 2.05) is 0 Å². The van der Waals surface area contributed by atoms with Gasteiger partial charge < -0.3 is 10.1 Å². The Morgan fingerprint density at radius 1 is 1.47 bits per heavy atom. The van der Waals surface area contributed by atoms with Crippen LogP contribution in [0.15, 0.2) is 0 Å². The molecule has 0 aliphatic heterocycles. The minimum Gasteiger partial charge on any atom is -0.466 e. The van der Waals surface area contributed by atoms with E-state index in [-0.39, 0.29) is 5.97 Å². The Bertz CT molecular complexity index is 188. The molecule has 1 aliphatic carbocycles. The molecule has 0 aromatic heterocycles. The van der Waals surface area contributed by atoms with Gasteiger partial charge in [-0.3, -0.25) is 4.79 Å². The first kappa shape index (κ1) is 12.5. The van der Waals surface area contributed by atoms with Crippen molar-refractivity contribution in [1.29, 1.82) is 0 Å². The number of hydrogen-bond donors (Lipinski definition) is 1. The van der Waals surface area contributed by atoms with Crippen LogP contribution in [0.5, 0.6) is 0 Å². The van der Waals surface area contributed by atoms with E-state index in [4.69, 9.17) is 4.74 Å². The lowest BCUT2D eigenvalue weighted by molar-refractivity contribution is -0.144. The Morgan fingerprint density at radius 3 is 2.73 bits per heavy atom. The third-order valence-electron chi connectivity index (χ3n) is 2.90. The minimum atomic E-state index is -0.0672. The van der Waals surface area contributed by atoms with Crippen LogP contribution in [-0.4, -0.2) is 25.2 Å². The van der Waals surface area contributed by atoms with Gasteiger partial charge in [-0.05, 0) is 12.3 Å². The highest BCUT2D eigenvalue weighted by Gasteiger charge is 2.17. The van der Waals surface area contributed by atoms with Crippen LogP contribution in [0.25, 0.3) is 0 Å². The molecule has 1 fully saturated rings. The number of carbonyl (C=O) groups is 1.